The zero-order valence-electron chi connectivity index (χ0n) is 16.5. The highest BCUT2D eigenvalue weighted by atomic mass is 16.5. The van der Waals surface area contributed by atoms with E-state index in [1.807, 2.05) is 0 Å². The van der Waals surface area contributed by atoms with Crippen LogP contribution in [0.3, 0.4) is 0 Å². The maximum atomic E-state index is 12.0. The van der Waals surface area contributed by atoms with Crippen LogP contribution in [-0.4, -0.2) is 44.9 Å². The van der Waals surface area contributed by atoms with Crippen LogP contribution in [0.25, 0.3) is 0 Å². The Bertz CT molecular complexity index is 463. The SMILES string of the molecule is CC(C)(CN)COCC(C)(C)CNC(=O)COC1C#CCCCCC1. The Morgan fingerprint density at radius 2 is 1.88 bits per heavy atom. The van der Waals surface area contributed by atoms with Crippen molar-refractivity contribution in [3.63, 3.8) is 0 Å². The molecule has 1 amide bonds. The minimum absolute atomic E-state index is 0.0220. The summed E-state index contributed by atoms with van der Waals surface area (Å²) in [6.07, 6.45) is 5.21. The monoisotopic (exact) mass is 352 g/mol. The molecule has 144 valence electrons. The lowest BCUT2D eigenvalue weighted by molar-refractivity contribution is -0.127. The van der Waals surface area contributed by atoms with E-state index in [0.717, 1.165) is 19.3 Å². The van der Waals surface area contributed by atoms with Gasteiger partial charge in [0.1, 0.15) is 12.7 Å². The summed E-state index contributed by atoms with van der Waals surface area (Å²) in [6.45, 7) is 10.7. The van der Waals surface area contributed by atoms with E-state index in [2.05, 4.69) is 44.9 Å². The largest absolute Gasteiger partial charge is 0.380 e. The van der Waals surface area contributed by atoms with Crippen LogP contribution >= 0.6 is 0 Å². The number of ether oxygens (including phenoxy) is 2. The second-order valence-electron chi connectivity index (χ2n) is 8.52. The van der Waals surface area contributed by atoms with Crippen molar-refractivity contribution in [2.45, 2.75) is 65.9 Å². The van der Waals surface area contributed by atoms with Gasteiger partial charge >= 0.3 is 0 Å². The van der Waals surface area contributed by atoms with E-state index in [0.29, 0.717) is 26.3 Å². The molecule has 1 aliphatic carbocycles. The minimum Gasteiger partial charge on any atom is -0.380 e. The molecule has 0 radical (unpaired) electrons. The van der Waals surface area contributed by atoms with Gasteiger partial charge in [-0.1, -0.05) is 40.0 Å². The van der Waals surface area contributed by atoms with Crippen LogP contribution in [0, 0.1) is 22.7 Å². The Balaban J connectivity index is 2.24. The summed E-state index contributed by atoms with van der Waals surface area (Å²) in [4.78, 5) is 12.0. The van der Waals surface area contributed by atoms with Crippen LogP contribution in [-0.2, 0) is 14.3 Å². The van der Waals surface area contributed by atoms with Crippen molar-refractivity contribution in [1.82, 2.24) is 5.32 Å². The molecule has 25 heavy (non-hydrogen) atoms. The Morgan fingerprint density at radius 3 is 2.60 bits per heavy atom. The van der Waals surface area contributed by atoms with Gasteiger partial charge in [-0.3, -0.25) is 4.79 Å². The molecule has 0 aromatic heterocycles. The molecule has 5 nitrogen and oxygen atoms in total. The summed E-state index contributed by atoms with van der Waals surface area (Å²) in [5, 5.41) is 2.94. The van der Waals surface area contributed by atoms with Crippen molar-refractivity contribution in [1.29, 1.82) is 0 Å². The molecule has 1 atom stereocenters. The molecule has 0 saturated carbocycles. The maximum absolute atomic E-state index is 12.0. The molecule has 3 N–H and O–H groups in total. The number of hydrogen-bond acceptors (Lipinski definition) is 4. The van der Waals surface area contributed by atoms with Crippen LogP contribution in [0.1, 0.15) is 59.8 Å². The molecule has 1 aliphatic rings. The summed E-state index contributed by atoms with van der Waals surface area (Å²) in [6, 6.07) is 0. The Kier molecular flexibility index (Phi) is 9.48. The Hall–Kier alpha value is -1.09. The average molecular weight is 353 g/mol. The van der Waals surface area contributed by atoms with E-state index in [1.165, 1.54) is 12.8 Å². The third kappa shape index (κ3) is 10.5. The smallest absolute Gasteiger partial charge is 0.246 e. The molecule has 0 heterocycles. The van der Waals surface area contributed by atoms with Crippen LogP contribution < -0.4 is 11.1 Å². The van der Waals surface area contributed by atoms with Crippen molar-refractivity contribution in [3.8, 4) is 11.8 Å². The zero-order chi connectivity index (χ0) is 18.8. The molecule has 0 aliphatic heterocycles. The predicted molar refractivity (Wildman–Crippen MR) is 101 cm³/mol. The number of carbonyl (C=O) groups is 1. The molecule has 0 bridgehead atoms. The Labute approximate surface area is 153 Å². The minimum atomic E-state index is -0.139. The van der Waals surface area contributed by atoms with Gasteiger partial charge in [-0.15, -0.1) is 5.92 Å². The number of nitrogens with one attached hydrogen (secondary N) is 1. The van der Waals surface area contributed by atoms with Crippen molar-refractivity contribution in [3.05, 3.63) is 0 Å². The van der Waals surface area contributed by atoms with Gasteiger partial charge < -0.3 is 20.5 Å². The van der Waals surface area contributed by atoms with Crippen molar-refractivity contribution in [2.75, 3.05) is 32.9 Å². The van der Waals surface area contributed by atoms with Gasteiger partial charge in [-0.05, 0) is 25.8 Å². The third-order valence-corrected chi connectivity index (χ3v) is 4.25. The molecule has 1 unspecified atom stereocenters. The lowest BCUT2D eigenvalue weighted by Crippen LogP contribution is -2.40. The van der Waals surface area contributed by atoms with E-state index in [9.17, 15) is 4.79 Å². The number of hydrogen-bond donors (Lipinski definition) is 2. The molecule has 0 aromatic rings. The van der Waals surface area contributed by atoms with Crippen LogP contribution in [0.15, 0.2) is 0 Å². The first-order valence-corrected chi connectivity index (χ1v) is 9.39. The van der Waals surface area contributed by atoms with Gasteiger partial charge in [0.25, 0.3) is 0 Å². The van der Waals surface area contributed by atoms with Crippen LogP contribution in [0.4, 0.5) is 0 Å². The van der Waals surface area contributed by atoms with E-state index in [4.69, 9.17) is 15.2 Å². The third-order valence-electron chi connectivity index (χ3n) is 4.25. The maximum Gasteiger partial charge on any atom is 0.246 e. The van der Waals surface area contributed by atoms with Gasteiger partial charge in [0.2, 0.25) is 5.91 Å². The molecule has 0 spiro atoms. The van der Waals surface area contributed by atoms with Gasteiger partial charge in [0, 0.05) is 23.8 Å². The van der Waals surface area contributed by atoms with Gasteiger partial charge in [0.05, 0.1) is 13.2 Å². The summed E-state index contributed by atoms with van der Waals surface area (Å²) >= 11 is 0. The van der Waals surface area contributed by atoms with Crippen molar-refractivity contribution < 1.29 is 14.3 Å². The zero-order valence-corrected chi connectivity index (χ0v) is 16.5. The molecule has 0 aromatic carbocycles. The number of amides is 1. The summed E-state index contributed by atoms with van der Waals surface area (Å²) in [5.74, 6) is 6.14. The standard InChI is InChI=1S/C20H36N2O3/c1-19(2,13-21)15-24-16-20(3,4)14-22-18(23)12-25-17-10-8-6-5-7-9-11-17/h17H,5-8,10,12-16,21H2,1-4H3,(H,22,23). The first-order chi connectivity index (χ1) is 11.7. The molecule has 1 rings (SSSR count). The first kappa shape index (κ1) is 22.0. The second kappa shape index (κ2) is 10.8. The molecule has 0 saturated heterocycles. The lowest BCUT2D eigenvalue weighted by Gasteiger charge is -2.28. The van der Waals surface area contributed by atoms with Gasteiger partial charge in [-0.25, -0.2) is 0 Å². The topological polar surface area (TPSA) is 73.6 Å². The second-order valence-corrected chi connectivity index (χ2v) is 8.52. The highest BCUT2D eigenvalue weighted by Crippen LogP contribution is 2.18. The molecular weight excluding hydrogens is 316 g/mol. The first-order valence-electron chi connectivity index (χ1n) is 9.39. The summed E-state index contributed by atoms with van der Waals surface area (Å²) in [7, 11) is 0. The normalized spacial score (nSPS) is 18.7. The van der Waals surface area contributed by atoms with Crippen molar-refractivity contribution in [2.24, 2.45) is 16.6 Å². The van der Waals surface area contributed by atoms with Crippen LogP contribution in [0.5, 0.6) is 0 Å². The fraction of sp³-hybridized carbons (Fsp3) is 0.850. The molecule has 5 heteroatoms. The quantitative estimate of drug-likeness (QED) is 0.593. The summed E-state index contributed by atoms with van der Waals surface area (Å²) < 4.78 is 11.4. The van der Waals surface area contributed by atoms with E-state index >= 15 is 0 Å². The molecule has 0 fully saturated rings. The molecular formula is C20H36N2O3. The fourth-order valence-electron chi connectivity index (χ4n) is 2.38. The van der Waals surface area contributed by atoms with Crippen LogP contribution in [0.2, 0.25) is 0 Å². The van der Waals surface area contributed by atoms with Gasteiger partial charge in [-0.2, -0.15) is 0 Å². The number of nitrogens with two attached hydrogens (primary N) is 1. The van der Waals surface area contributed by atoms with E-state index in [-0.39, 0.29) is 29.4 Å². The van der Waals surface area contributed by atoms with E-state index < -0.39 is 0 Å². The predicted octanol–water partition coefficient (Wildman–Crippen LogP) is 2.48. The lowest BCUT2D eigenvalue weighted by atomic mass is 9.93. The highest BCUT2D eigenvalue weighted by Gasteiger charge is 2.22. The van der Waals surface area contributed by atoms with Crippen molar-refractivity contribution >= 4 is 5.91 Å². The highest BCUT2D eigenvalue weighted by molar-refractivity contribution is 5.77. The fourth-order valence-corrected chi connectivity index (χ4v) is 2.38. The Morgan fingerprint density at radius 1 is 1.16 bits per heavy atom. The average Bonchev–Trinajstić information content (AvgIpc) is 2.51. The number of carbonyl (C=O) groups excluding carboxylic acids is 1. The number of rotatable bonds is 10. The van der Waals surface area contributed by atoms with E-state index in [1.54, 1.807) is 0 Å². The summed E-state index contributed by atoms with van der Waals surface area (Å²) in [5.41, 5.74) is 5.55. The van der Waals surface area contributed by atoms with Gasteiger partial charge in [0.15, 0.2) is 0 Å².